The van der Waals surface area contributed by atoms with Gasteiger partial charge in [-0.15, -0.1) is 11.8 Å². The van der Waals surface area contributed by atoms with Gasteiger partial charge in [-0.2, -0.15) is 0 Å². The van der Waals surface area contributed by atoms with E-state index in [4.69, 9.17) is 9.72 Å². The third-order valence-electron chi connectivity index (χ3n) is 5.51. The van der Waals surface area contributed by atoms with E-state index in [0.29, 0.717) is 10.8 Å². The summed E-state index contributed by atoms with van der Waals surface area (Å²) in [6, 6.07) is 9.59. The Morgan fingerprint density at radius 3 is 2.87 bits per heavy atom. The van der Waals surface area contributed by atoms with E-state index in [1.807, 2.05) is 30.3 Å². The van der Waals surface area contributed by atoms with E-state index in [0.717, 1.165) is 52.4 Å². The van der Waals surface area contributed by atoms with Crippen LogP contribution in [0.3, 0.4) is 0 Å². The molecule has 1 aliphatic heterocycles. The van der Waals surface area contributed by atoms with Crippen LogP contribution in [0.1, 0.15) is 36.0 Å². The van der Waals surface area contributed by atoms with Gasteiger partial charge in [-0.3, -0.25) is 4.79 Å². The molecule has 0 spiro atoms. The van der Waals surface area contributed by atoms with Gasteiger partial charge in [-0.1, -0.05) is 24.2 Å². The van der Waals surface area contributed by atoms with Crippen LogP contribution in [0.5, 0.6) is 0 Å². The highest BCUT2D eigenvalue weighted by Gasteiger charge is 2.21. The summed E-state index contributed by atoms with van der Waals surface area (Å²) >= 11 is 3.40. The van der Waals surface area contributed by atoms with Gasteiger partial charge in [0.15, 0.2) is 5.13 Å². The predicted molar refractivity (Wildman–Crippen MR) is 123 cm³/mol. The molecule has 1 aromatic carbocycles. The first-order valence-electron chi connectivity index (χ1n) is 10.4. The molecule has 3 heterocycles. The highest BCUT2D eigenvalue weighted by molar-refractivity contribution is 7.99. The summed E-state index contributed by atoms with van der Waals surface area (Å²) in [6.45, 7) is 3.21. The Morgan fingerprint density at radius 2 is 2.03 bits per heavy atom. The van der Waals surface area contributed by atoms with Crippen molar-refractivity contribution < 1.29 is 9.53 Å². The molecular weight excluding hydrogens is 416 g/mol. The molecule has 1 aliphatic carbocycles. The topological polar surface area (TPSA) is 67.4 Å². The van der Waals surface area contributed by atoms with Crippen LogP contribution in [0.2, 0.25) is 0 Å². The van der Waals surface area contributed by atoms with Gasteiger partial charge in [-0.05, 0) is 43.2 Å². The molecule has 0 atom stereocenters. The van der Waals surface area contributed by atoms with Gasteiger partial charge in [0.05, 0.1) is 29.0 Å². The molecule has 2 aliphatic rings. The van der Waals surface area contributed by atoms with Crippen LogP contribution < -0.4 is 10.2 Å². The van der Waals surface area contributed by atoms with Gasteiger partial charge < -0.3 is 15.0 Å². The number of thiazole rings is 1. The number of anilines is 2. The number of nitrogens with zero attached hydrogens (tertiary/aromatic N) is 3. The normalized spacial score (nSPS) is 17.5. The fourth-order valence-electron chi connectivity index (χ4n) is 3.90. The van der Waals surface area contributed by atoms with E-state index in [2.05, 4.69) is 15.2 Å². The summed E-state index contributed by atoms with van der Waals surface area (Å²) < 4.78 is 6.50. The quantitative estimate of drug-likeness (QED) is 0.614. The summed E-state index contributed by atoms with van der Waals surface area (Å²) in [5, 5.41) is 5.47. The number of fused-ring (bicyclic) bond motifs is 1. The lowest BCUT2D eigenvalue weighted by Gasteiger charge is -2.25. The average molecular weight is 441 g/mol. The molecule has 1 saturated carbocycles. The minimum absolute atomic E-state index is 0.110. The first-order chi connectivity index (χ1) is 14.8. The number of pyridine rings is 1. The highest BCUT2D eigenvalue weighted by atomic mass is 32.2. The van der Waals surface area contributed by atoms with Crippen LogP contribution in [0, 0.1) is 0 Å². The standard InChI is InChI=1S/C22H24N4O2S2/c27-20(17-6-3-9-23-21(17)29-16-4-1-2-5-16)24-15-7-8-18-19(14-15)30-22(25-18)26-10-12-28-13-11-26/h3,6-9,14,16H,1-2,4-5,10-13H2,(H,24,27). The molecule has 0 bridgehead atoms. The monoisotopic (exact) mass is 440 g/mol. The third-order valence-corrected chi connectivity index (χ3v) is 7.95. The Kier molecular flexibility index (Phi) is 5.88. The maximum Gasteiger partial charge on any atom is 0.258 e. The van der Waals surface area contributed by atoms with Gasteiger partial charge in [0.25, 0.3) is 5.91 Å². The first-order valence-corrected chi connectivity index (χ1v) is 12.1. The van der Waals surface area contributed by atoms with Crippen LogP contribution in [-0.2, 0) is 4.74 Å². The predicted octanol–water partition coefficient (Wildman–Crippen LogP) is 4.81. The Balaban J connectivity index is 1.33. The minimum Gasteiger partial charge on any atom is -0.378 e. The lowest BCUT2D eigenvalue weighted by Crippen LogP contribution is -2.36. The summed E-state index contributed by atoms with van der Waals surface area (Å²) in [5.41, 5.74) is 2.39. The highest BCUT2D eigenvalue weighted by Crippen LogP contribution is 2.35. The molecule has 2 fully saturated rings. The Bertz CT molecular complexity index is 1040. The molecular formula is C22H24N4O2S2. The summed E-state index contributed by atoms with van der Waals surface area (Å²) in [7, 11) is 0. The number of hydrogen-bond donors (Lipinski definition) is 1. The van der Waals surface area contributed by atoms with E-state index >= 15 is 0 Å². The third kappa shape index (κ3) is 4.31. The van der Waals surface area contributed by atoms with Crippen molar-refractivity contribution in [2.24, 2.45) is 0 Å². The van der Waals surface area contributed by atoms with Gasteiger partial charge >= 0.3 is 0 Å². The van der Waals surface area contributed by atoms with E-state index in [9.17, 15) is 4.79 Å². The van der Waals surface area contributed by atoms with Crippen molar-refractivity contribution in [3.8, 4) is 0 Å². The number of carbonyl (C=O) groups is 1. The number of carbonyl (C=O) groups excluding carboxylic acids is 1. The van der Waals surface area contributed by atoms with Crippen LogP contribution in [-0.4, -0.2) is 47.4 Å². The Labute approximate surface area is 184 Å². The van der Waals surface area contributed by atoms with Crippen molar-refractivity contribution in [3.63, 3.8) is 0 Å². The SMILES string of the molecule is O=C(Nc1ccc2nc(N3CCOCC3)sc2c1)c1cccnc1SC1CCCC1. The fraction of sp³-hybridized carbons (Fsp3) is 0.409. The van der Waals surface area contributed by atoms with Crippen LogP contribution in [0.4, 0.5) is 10.8 Å². The van der Waals surface area contributed by atoms with Crippen molar-refractivity contribution in [2.75, 3.05) is 36.5 Å². The first kappa shape index (κ1) is 19.8. The van der Waals surface area contributed by atoms with E-state index < -0.39 is 0 Å². The van der Waals surface area contributed by atoms with Crippen molar-refractivity contribution >= 4 is 50.0 Å². The summed E-state index contributed by atoms with van der Waals surface area (Å²) in [5.74, 6) is -0.110. The lowest BCUT2D eigenvalue weighted by atomic mass is 10.2. The molecule has 0 radical (unpaired) electrons. The summed E-state index contributed by atoms with van der Waals surface area (Å²) in [6.07, 6.45) is 6.72. The zero-order valence-electron chi connectivity index (χ0n) is 16.7. The van der Waals surface area contributed by atoms with Gasteiger partial charge in [-0.25, -0.2) is 9.97 Å². The number of aromatic nitrogens is 2. The van der Waals surface area contributed by atoms with E-state index in [-0.39, 0.29) is 5.91 Å². The number of amides is 1. The lowest BCUT2D eigenvalue weighted by molar-refractivity contribution is 0.102. The summed E-state index contributed by atoms with van der Waals surface area (Å²) in [4.78, 5) is 24.5. The van der Waals surface area contributed by atoms with Crippen molar-refractivity contribution in [2.45, 2.75) is 36.0 Å². The maximum absolute atomic E-state index is 13.0. The Hall–Kier alpha value is -2.16. The second kappa shape index (κ2) is 8.91. The van der Waals surface area contributed by atoms with Gasteiger partial charge in [0, 0.05) is 30.2 Å². The number of ether oxygens (including phenoxy) is 1. The van der Waals surface area contributed by atoms with Gasteiger partial charge in [0.1, 0.15) is 5.03 Å². The van der Waals surface area contributed by atoms with Gasteiger partial charge in [0.2, 0.25) is 0 Å². The van der Waals surface area contributed by atoms with Crippen LogP contribution in [0.15, 0.2) is 41.6 Å². The zero-order chi connectivity index (χ0) is 20.3. The number of benzene rings is 1. The number of hydrogen-bond acceptors (Lipinski definition) is 7. The zero-order valence-corrected chi connectivity index (χ0v) is 18.3. The molecule has 1 saturated heterocycles. The smallest absolute Gasteiger partial charge is 0.258 e. The van der Waals surface area contributed by atoms with E-state index in [1.54, 1.807) is 29.3 Å². The molecule has 5 rings (SSSR count). The molecule has 156 valence electrons. The molecule has 2 aromatic heterocycles. The molecule has 6 nitrogen and oxygen atoms in total. The van der Waals surface area contributed by atoms with Crippen molar-refractivity contribution in [3.05, 3.63) is 42.1 Å². The molecule has 1 amide bonds. The second-order valence-corrected chi connectivity index (χ2v) is 9.91. The number of nitrogens with one attached hydrogen (secondary N) is 1. The van der Waals surface area contributed by atoms with Crippen molar-refractivity contribution in [1.29, 1.82) is 0 Å². The number of rotatable bonds is 5. The Morgan fingerprint density at radius 1 is 1.20 bits per heavy atom. The molecule has 0 unspecified atom stereocenters. The van der Waals surface area contributed by atoms with Crippen LogP contribution in [0.25, 0.3) is 10.2 Å². The number of morpholine rings is 1. The second-order valence-electron chi connectivity index (χ2n) is 7.61. The van der Waals surface area contributed by atoms with Crippen LogP contribution >= 0.6 is 23.1 Å². The fourth-order valence-corrected chi connectivity index (χ4v) is 6.25. The minimum atomic E-state index is -0.110. The molecule has 1 N–H and O–H groups in total. The molecule has 3 aromatic rings. The maximum atomic E-state index is 13.0. The van der Waals surface area contributed by atoms with Crippen molar-refractivity contribution in [1.82, 2.24) is 9.97 Å². The molecule has 8 heteroatoms. The molecule has 30 heavy (non-hydrogen) atoms. The largest absolute Gasteiger partial charge is 0.378 e. The number of thioether (sulfide) groups is 1. The van der Waals surface area contributed by atoms with E-state index in [1.165, 1.54) is 25.7 Å². The average Bonchev–Trinajstić information content (AvgIpc) is 3.44.